The molecule has 1 unspecified atom stereocenters. The van der Waals surface area contributed by atoms with Crippen LogP contribution in [-0.2, 0) is 9.53 Å². The maximum absolute atomic E-state index is 12.0. The average Bonchev–Trinajstić information content (AvgIpc) is 2.90. The molecule has 19 heavy (non-hydrogen) atoms. The summed E-state index contributed by atoms with van der Waals surface area (Å²) >= 11 is 6.73. The van der Waals surface area contributed by atoms with Gasteiger partial charge in [0.15, 0.2) is 0 Å². The predicted octanol–water partition coefficient (Wildman–Crippen LogP) is 2.38. The van der Waals surface area contributed by atoms with E-state index in [4.69, 9.17) is 22.4 Å². The monoisotopic (exact) mass is 292 g/mol. The molecule has 0 saturated carbocycles. The summed E-state index contributed by atoms with van der Waals surface area (Å²) in [6.45, 7) is 1.78. The van der Waals surface area contributed by atoms with Gasteiger partial charge in [-0.25, -0.2) is 4.79 Å². The molecule has 0 aromatic carbocycles. The average molecular weight is 292 g/mol. The predicted molar refractivity (Wildman–Crippen MR) is 78.7 cm³/mol. The summed E-state index contributed by atoms with van der Waals surface area (Å²) in [5, 5.41) is 12.3. The zero-order valence-electron chi connectivity index (χ0n) is 10.4. The van der Waals surface area contributed by atoms with Gasteiger partial charge in [-0.3, -0.25) is 5.41 Å². The van der Waals surface area contributed by atoms with Gasteiger partial charge in [0.1, 0.15) is 4.99 Å². The van der Waals surface area contributed by atoms with Gasteiger partial charge in [-0.2, -0.15) is 0 Å². The van der Waals surface area contributed by atoms with Crippen LogP contribution in [0.25, 0.3) is 0 Å². The minimum atomic E-state index is -0.418. The second-order valence-electron chi connectivity index (χ2n) is 3.97. The molecule has 0 saturated heterocycles. The standard InChI is InChI=1S/C13H12N2O2S2/c1-7-10(13(16)17-2)11(9-4-3-5-19-9)8(6-14)12(18)15-7/h3-5,11,14H,1-2H3,(H,15,18). The fraction of sp³-hybridized carbons (Fsp3) is 0.231. The van der Waals surface area contributed by atoms with E-state index in [0.717, 1.165) is 4.88 Å². The maximum atomic E-state index is 12.0. The van der Waals surface area contributed by atoms with E-state index in [9.17, 15) is 4.79 Å². The van der Waals surface area contributed by atoms with E-state index in [1.165, 1.54) is 18.4 Å². The zero-order valence-corrected chi connectivity index (χ0v) is 12.1. The second kappa shape index (κ2) is 5.48. The lowest BCUT2D eigenvalue weighted by molar-refractivity contribution is -0.136. The summed E-state index contributed by atoms with van der Waals surface area (Å²) in [5.74, 6) is 1.56. The van der Waals surface area contributed by atoms with Crippen LogP contribution in [0.4, 0.5) is 0 Å². The third-order valence-electron chi connectivity index (χ3n) is 2.89. The molecule has 4 nitrogen and oxygen atoms in total. The molecule has 0 fully saturated rings. The number of hydrogen-bond donors (Lipinski definition) is 2. The van der Waals surface area contributed by atoms with Crippen molar-refractivity contribution in [1.29, 1.82) is 5.41 Å². The highest BCUT2D eigenvalue weighted by Crippen LogP contribution is 2.38. The van der Waals surface area contributed by atoms with Gasteiger partial charge in [0, 0.05) is 10.6 Å². The van der Waals surface area contributed by atoms with E-state index in [1.807, 2.05) is 17.5 Å². The van der Waals surface area contributed by atoms with Crippen LogP contribution in [-0.4, -0.2) is 23.9 Å². The molecule has 2 heterocycles. The number of ether oxygens (including phenoxy) is 1. The van der Waals surface area contributed by atoms with Crippen LogP contribution < -0.4 is 5.32 Å². The van der Waals surface area contributed by atoms with E-state index >= 15 is 0 Å². The van der Waals surface area contributed by atoms with Gasteiger partial charge < -0.3 is 10.1 Å². The number of carbonyl (C=O) groups excluding carboxylic acids is 1. The normalized spacial score (nSPS) is 18.9. The van der Waals surface area contributed by atoms with Crippen LogP contribution in [0.3, 0.4) is 0 Å². The number of hydrogen-bond acceptors (Lipinski definition) is 5. The molecule has 1 aromatic rings. The molecular formula is C13H12N2O2S2. The van der Waals surface area contributed by atoms with Gasteiger partial charge in [0.05, 0.1) is 24.2 Å². The lowest BCUT2D eigenvalue weighted by Gasteiger charge is -2.27. The van der Waals surface area contributed by atoms with Crippen LogP contribution in [0.15, 0.2) is 34.4 Å². The SMILES string of the molecule is COC(=O)C1=C(C)NC(=S)C(=C=N)C1c1cccs1. The number of esters is 1. The van der Waals surface area contributed by atoms with Crippen molar-refractivity contribution in [2.24, 2.45) is 0 Å². The molecule has 98 valence electrons. The van der Waals surface area contributed by atoms with Crippen LogP contribution in [0.1, 0.15) is 17.7 Å². The number of rotatable bonds is 2. The molecule has 1 aliphatic rings. The first-order chi connectivity index (χ1) is 9.10. The summed E-state index contributed by atoms with van der Waals surface area (Å²) in [5.41, 5.74) is 1.63. The van der Waals surface area contributed by atoms with Crippen molar-refractivity contribution in [3.05, 3.63) is 39.2 Å². The van der Waals surface area contributed by atoms with Crippen LogP contribution in [0.2, 0.25) is 0 Å². The van der Waals surface area contributed by atoms with E-state index in [0.29, 0.717) is 21.8 Å². The van der Waals surface area contributed by atoms with Gasteiger partial charge in [-0.05, 0) is 24.2 Å². The van der Waals surface area contributed by atoms with E-state index in [1.54, 1.807) is 6.92 Å². The Labute approximate surface area is 120 Å². The Bertz CT molecular complexity index is 611. The zero-order chi connectivity index (χ0) is 14.0. The fourth-order valence-electron chi connectivity index (χ4n) is 2.05. The first kappa shape index (κ1) is 13.7. The maximum Gasteiger partial charge on any atom is 0.336 e. The van der Waals surface area contributed by atoms with Crippen molar-refractivity contribution in [2.45, 2.75) is 12.8 Å². The fourth-order valence-corrected chi connectivity index (χ4v) is 3.21. The highest BCUT2D eigenvalue weighted by Gasteiger charge is 2.35. The van der Waals surface area contributed by atoms with Crippen molar-refractivity contribution >= 4 is 40.4 Å². The molecule has 0 spiro atoms. The molecule has 1 aliphatic heterocycles. The van der Waals surface area contributed by atoms with Crippen molar-refractivity contribution in [2.75, 3.05) is 7.11 Å². The van der Waals surface area contributed by atoms with Gasteiger partial charge in [0.25, 0.3) is 0 Å². The van der Waals surface area contributed by atoms with Gasteiger partial charge in [-0.1, -0.05) is 18.3 Å². The summed E-state index contributed by atoms with van der Waals surface area (Å²) in [6.07, 6.45) is 0. The largest absolute Gasteiger partial charge is 0.466 e. The topological polar surface area (TPSA) is 62.2 Å². The molecule has 2 rings (SSSR count). The minimum Gasteiger partial charge on any atom is -0.466 e. The molecule has 2 N–H and O–H groups in total. The Morgan fingerprint density at radius 1 is 1.63 bits per heavy atom. The van der Waals surface area contributed by atoms with Gasteiger partial charge >= 0.3 is 5.97 Å². The third kappa shape index (κ3) is 2.38. The number of carbonyl (C=O) groups is 1. The second-order valence-corrected chi connectivity index (χ2v) is 5.36. The molecular weight excluding hydrogens is 280 g/mol. The molecule has 0 aliphatic carbocycles. The van der Waals surface area contributed by atoms with E-state index in [-0.39, 0.29) is 5.92 Å². The van der Waals surface area contributed by atoms with Crippen LogP contribution >= 0.6 is 23.6 Å². The van der Waals surface area contributed by atoms with Crippen LogP contribution in [0.5, 0.6) is 0 Å². The summed E-state index contributed by atoms with van der Waals surface area (Å²) in [4.78, 5) is 13.4. The van der Waals surface area contributed by atoms with Crippen LogP contribution in [0, 0.1) is 5.41 Å². The number of thiocarbonyl (C=S) groups is 1. The van der Waals surface area contributed by atoms with Crippen molar-refractivity contribution < 1.29 is 9.53 Å². The van der Waals surface area contributed by atoms with Crippen molar-refractivity contribution in [1.82, 2.24) is 5.32 Å². The number of methoxy groups -OCH3 is 1. The smallest absolute Gasteiger partial charge is 0.336 e. The van der Waals surface area contributed by atoms with Crippen molar-refractivity contribution in [3.63, 3.8) is 0 Å². The quantitative estimate of drug-likeness (QED) is 0.380. The molecule has 1 aromatic heterocycles. The highest BCUT2D eigenvalue weighted by molar-refractivity contribution is 7.80. The summed E-state index contributed by atoms with van der Waals surface area (Å²) in [6, 6.07) is 3.81. The Morgan fingerprint density at radius 2 is 2.37 bits per heavy atom. The van der Waals surface area contributed by atoms with Gasteiger partial charge in [-0.15, -0.1) is 11.3 Å². The molecule has 0 amide bonds. The lowest BCUT2D eigenvalue weighted by Crippen LogP contribution is -2.35. The van der Waals surface area contributed by atoms with Gasteiger partial charge in [0.2, 0.25) is 0 Å². The Hall–Kier alpha value is -1.75. The molecule has 6 heteroatoms. The summed E-state index contributed by atoms with van der Waals surface area (Å²) in [7, 11) is 1.34. The molecule has 0 radical (unpaired) electrons. The number of thiophene rings is 1. The first-order valence-corrected chi connectivity index (χ1v) is 6.82. The Morgan fingerprint density at radius 3 is 2.89 bits per heavy atom. The minimum absolute atomic E-state index is 0.376. The lowest BCUT2D eigenvalue weighted by atomic mass is 9.86. The van der Waals surface area contributed by atoms with Crippen molar-refractivity contribution in [3.8, 4) is 0 Å². The Balaban J connectivity index is 2.65. The van der Waals surface area contributed by atoms with E-state index < -0.39 is 5.97 Å². The third-order valence-corrected chi connectivity index (χ3v) is 4.15. The summed E-state index contributed by atoms with van der Waals surface area (Å²) < 4.78 is 4.84. The molecule has 1 atom stereocenters. The Kier molecular flexibility index (Phi) is 3.95. The van der Waals surface area contributed by atoms with E-state index in [2.05, 4.69) is 11.2 Å². The first-order valence-electron chi connectivity index (χ1n) is 5.53. The highest BCUT2D eigenvalue weighted by atomic mass is 32.1. The number of allylic oxidation sites excluding steroid dienone is 1. The molecule has 0 bridgehead atoms. The number of nitrogens with one attached hydrogen (secondary N) is 2.